The summed E-state index contributed by atoms with van der Waals surface area (Å²) in [5, 5.41) is 19.5. The first kappa shape index (κ1) is 11.5. The van der Waals surface area contributed by atoms with Gasteiger partial charge in [0.15, 0.2) is 0 Å². The first-order valence-corrected chi connectivity index (χ1v) is 5.59. The summed E-state index contributed by atoms with van der Waals surface area (Å²) in [7, 11) is 0. The van der Waals surface area contributed by atoms with E-state index in [4.69, 9.17) is 5.26 Å². The van der Waals surface area contributed by atoms with Gasteiger partial charge in [0.05, 0.1) is 17.1 Å². The lowest BCUT2D eigenvalue weighted by Crippen LogP contribution is -2.47. The zero-order chi connectivity index (χ0) is 10.8. The van der Waals surface area contributed by atoms with Crippen LogP contribution in [0, 0.1) is 22.7 Å². The largest absolute Gasteiger partial charge is 0.388 e. The Balaban J connectivity index is 2.79. The van der Waals surface area contributed by atoms with Crippen molar-refractivity contribution in [1.82, 2.24) is 0 Å². The molecule has 0 heterocycles. The quantitative estimate of drug-likeness (QED) is 0.736. The molecule has 1 rings (SSSR count). The highest BCUT2D eigenvalue weighted by atomic mass is 16.3. The summed E-state index contributed by atoms with van der Waals surface area (Å²) >= 11 is 0. The Morgan fingerprint density at radius 2 is 2.21 bits per heavy atom. The summed E-state index contributed by atoms with van der Waals surface area (Å²) in [6.07, 6.45) is 4.96. The van der Waals surface area contributed by atoms with Crippen LogP contribution in [0.25, 0.3) is 0 Å². The molecule has 1 aliphatic rings. The van der Waals surface area contributed by atoms with Crippen LogP contribution in [0.5, 0.6) is 0 Å². The highest BCUT2D eigenvalue weighted by Gasteiger charge is 2.46. The summed E-state index contributed by atoms with van der Waals surface area (Å²) in [6, 6.07) is 2.25. The third-order valence-electron chi connectivity index (χ3n) is 3.85. The van der Waals surface area contributed by atoms with Crippen LogP contribution in [0.4, 0.5) is 0 Å². The molecule has 0 aliphatic heterocycles. The third kappa shape index (κ3) is 1.93. The summed E-state index contributed by atoms with van der Waals surface area (Å²) in [6.45, 7) is 5.87. The van der Waals surface area contributed by atoms with Gasteiger partial charge in [0.1, 0.15) is 0 Å². The summed E-state index contributed by atoms with van der Waals surface area (Å²) in [5.41, 5.74) is -1.37. The van der Waals surface area contributed by atoms with Gasteiger partial charge in [0.25, 0.3) is 0 Å². The minimum atomic E-state index is -0.763. The van der Waals surface area contributed by atoms with E-state index in [2.05, 4.69) is 13.0 Å². The number of nitriles is 1. The smallest absolute Gasteiger partial charge is 0.0830 e. The van der Waals surface area contributed by atoms with Crippen LogP contribution >= 0.6 is 0 Å². The minimum absolute atomic E-state index is 0.598. The van der Waals surface area contributed by atoms with Crippen LogP contribution in [-0.2, 0) is 0 Å². The van der Waals surface area contributed by atoms with E-state index in [9.17, 15) is 5.11 Å². The highest BCUT2D eigenvalue weighted by molar-refractivity contribution is 5.08. The van der Waals surface area contributed by atoms with Gasteiger partial charge in [-0.3, -0.25) is 0 Å². The maximum absolute atomic E-state index is 10.5. The van der Waals surface area contributed by atoms with Crippen molar-refractivity contribution in [1.29, 1.82) is 5.26 Å². The van der Waals surface area contributed by atoms with E-state index in [0.717, 1.165) is 25.7 Å². The van der Waals surface area contributed by atoms with Crippen LogP contribution in [0.3, 0.4) is 0 Å². The Hall–Kier alpha value is -0.550. The third-order valence-corrected chi connectivity index (χ3v) is 3.85. The molecule has 1 fully saturated rings. The van der Waals surface area contributed by atoms with Crippen molar-refractivity contribution in [2.24, 2.45) is 11.3 Å². The van der Waals surface area contributed by atoms with Crippen LogP contribution < -0.4 is 0 Å². The van der Waals surface area contributed by atoms with Crippen molar-refractivity contribution < 1.29 is 5.11 Å². The maximum atomic E-state index is 10.5. The van der Waals surface area contributed by atoms with Crippen LogP contribution in [0.1, 0.15) is 52.9 Å². The van der Waals surface area contributed by atoms with Crippen LogP contribution in [0.2, 0.25) is 0 Å². The summed E-state index contributed by atoms with van der Waals surface area (Å²) < 4.78 is 0. The maximum Gasteiger partial charge on any atom is 0.0830 e. The molecule has 2 atom stereocenters. The van der Waals surface area contributed by atoms with E-state index in [-0.39, 0.29) is 0 Å². The van der Waals surface area contributed by atoms with Crippen molar-refractivity contribution in [3.05, 3.63) is 0 Å². The fourth-order valence-corrected chi connectivity index (χ4v) is 2.39. The standard InChI is InChI=1S/C12H21NO/c1-4-10-6-5-7-12(14,8-10)11(2,3)9-13/h10,14H,4-8H2,1-3H3. The first-order chi connectivity index (χ1) is 6.45. The molecule has 1 saturated carbocycles. The first-order valence-electron chi connectivity index (χ1n) is 5.59. The SMILES string of the molecule is CCC1CCCC(O)(C(C)(C)C#N)C1. The topological polar surface area (TPSA) is 44.0 Å². The van der Waals surface area contributed by atoms with Crippen LogP contribution in [0.15, 0.2) is 0 Å². The van der Waals surface area contributed by atoms with E-state index in [1.165, 1.54) is 6.42 Å². The highest BCUT2D eigenvalue weighted by Crippen LogP contribution is 2.44. The van der Waals surface area contributed by atoms with Gasteiger partial charge >= 0.3 is 0 Å². The molecule has 0 aromatic heterocycles. The molecule has 0 amide bonds. The molecule has 2 nitrogen and oxygen atoms in total. The normalized spacial score (nSPS) is 33.8. The van der Waals surface area contributed by atoms with E-state index in [0.29, 0.717) is 5.92 Å². The molecule has 2 unspecified atom stereocenters. The summed E-state index contributed by atoms with van der Waals surface area (Å²) in [4.78, 5) is 0. The average molecular weight is 195 g/mol. The zero-order valence-corrected chi connectivity index (χ0v) is 9.51. The summed E-state index contributed by atoms with van der Waals surface area (Å²) in [5.74, 6) is 0.598. The van der Waals surface area contributed by atoms with Gasteiger partial charge in [-0.2, -0.15) is 5.26 Å². The molecular formula is C12H21NO. The second-order valence-electron chi connectivity index (χ2n) is 5.14. The second kappa shape index (κ2) is 3.90. The van der Waals surface area contributed by atoms with Crippen molar-refractivity contribution in [3.8, 4) is 6.07 Å². The minimum Gasteiger partial charge on any atom is -0.388 e. The van der Waals surface area contributed by atoms with Gasteiger partial charge in [-0.05, 0) is 32.6 Å². The predicted molar refractivity (Wildman–Crippen MR) is 56.6 cm³/mol. The number of hydrogen-bond donors (Lipinski definition) is 1. The van der Waals surface area contributed by atoms with Crippen molar-refractivity contribution in [3.63, 3.8) is 0 Å². The fourth-order valence-electron chi connectivity index (χ4n) is 2.39. The lowest BCUT2D eigenvalue weighted by molar-refractivity contribution is -0.0827. The molecule has 0 saturated heterocycles. The van der Waals surface area contributed by atoms with Crippen molar-refractivity contribution in [2.75, 3.05) is 0 Å². The second-order valence-corrected chi connectivity index (χ2v) is 5.14. The van der Waals surface area contributed by atoms with Crippen molar-refractivity contribution in [2.45, 2.75) is 58.5 Å². The Morgan fingerprint density at radius 3 is 2.71 bits per heavy atom. The molecule has 14 heavy (non-hydrogen) atoms. The monoisotopic (exact) mass is 195 g/mol. The van der Waals surface area contributed by atoms with Gasteiger partial charge in [-0.1, -0.05) is 26.2 Å². The number of rotatable bonds is 2. The van der Waals surface area contributed by atoms with E-state index in [1.54, 1.807) is 0 Å². The predicted octanol–water partition coefficient (Wildman–Crippen LogP) is 2.87. The van der Waals surface area contributed by atoms with Gasteiger partial charge in [0, 0.05) is 0 Å². The van der Waals surface area contributed by atoms with E-state index >= 15 is 0 Å². The average Bonchev–Trinajstić information content (AvgIpc) is 2.17. The van der Waals surface area contributed by atoms with Gasteiger partial charge in [0.2, 0.25) is 0 Å². The molecule has 2 heteroatoms. The number of nitrogens with zero attached hydrogens (tertiary/aromatic N) is 1. The molecule has 1 N–H and O–H groups in total. The lowest BCUT2D eigenvalue weighted by Gasteiger charge is -2.43. The molecule has 0 radical (unpaired) electrons. The Bertz CT molecular complexity index is 241. The Morgan fingerprint density at radius 1 is 1.57 bits per heavy atom. The number of aliphatic hydroxyl groups is 1. The van der Waals surface area contributed by atoms with E-state index < -0.39 is 11.0 Å². The lowest BCUT2D eigenvalue weighted by atomic mass is 9.65. The van der Waals surface area contributed by atoms with E-state index in [1.807, 2.05) is 13.8 Å². The van der Waals surface area contributed by atoms with Gasteiger partial charge in [-0.15, -0.1) is 0 Å². The molecule has 0 bridgehead atoms. The van der Waals surface area contributed by atoms with Crippen LogP contribution in [-0.4, -0.2) is 10.7 Å². The number of hydrogen-bond acceptors (Lipinski definition) is 2. The van der Waals surface area contributed by atoms with Gasteiger partial charge < -0.3 is 5.11 Å². The Labute approximate surface area is 86.9 Å². The molecular weight excluding hydrogens is 174 g/mol. The molecule has 1 aliphatic carbocycles. The Kier molecular flexibility index (Phi) is 3.21. The zero-order valence-electron chi connectivity index (χ0n) is 9.51. The fraction of sp³-hybridized carbons (Fsp3) is 0.917. The molecule has 0 spiro atoms. The molecule has 0 aromatic carbocycles. The molecule has 80 valence electrons. The van der Waals surface area contributed by atoms with Gasteiger partial charge in [-0.25, -0.2) is 0 Å². The van der Waals surface area contributed by atoms with Crippen molar-refractivity contribution >= 4 is 0 Å². The molecule has 0 aromatic rings.